The second-order valence-electron chi connectivity index (χ2n) is 7.29. The van der Waals surface area contributed by atoms with Crippen LogP contribution < -0.4 is 9.62 Å². The molecule has 162 valence electrons. The van der Waals surface area contributed by atoms with E-state index in [0.717, 1.165) is 17.1 Å². The van der Waals surface area contributed by atoms with Gasteiger partial charge in [-0.3, -0.25) is 9.10 Å². The topological polar surface area (TPSA) is 66.5 Å². The van der Waals surface area contributed by atoms with Gasteiger partial charge < -0.3 is 5.32 Å². The predicted octanol–water partition coefficient (Wildman–Crippen LogP) is 4.16. The molecule has 1 unspecified atom stereocenters. The Hall–Kier alpha value is -3.19. The highest BCUT2D eigenvalue weighted by Gasteiger charge is 2.27. The summed E-state index contributed by atoms with van der Waals surface area (Å²) in [7, 11) is -4.00. The fourth-order valence-corrected chi connectivity index (χ4v) is 4.64. The van der Waals surface area contributed by atoms with E-state index in [1.54, 1.807) is 18.2 Å². The molecule has 0 spiro atoms. The smallest absolute Gasteiger partial charge is 0.264 e. The molecule has 0 saturated carbocycles. The zero-order chi connectivity index (χ0) is 22.3. The van der Waals surface area contributed by atoms with Gasteiger partial charge in [0.2, 0.25) is 5.91 Å². The number of carbonyl (C=O) groups excluding carboxylic acids is 1. The van der Waals surface area contributed by atoms with E-state index in [2.05, 4.69) is 5.32 Å². The first-order valence-corrected chi connectivity index (χ1v) is 11.5. The molecule has 0 aliphatic carbocycles. The summed E-state index contributed by atoms with van der Waals surface area (Å²) >= 11 is 0. The lowest BCUT2D eigenvalue weighted by Gasteiger charge is -2.25. The van der Waals surface area contributed by atoms with Gasteiger partial charge in [-0.2, -0.15) is 0 Å². The van der Waals surface area contributed by atoms with Gasteiger partial charge in [0.15, 0.2) is 0 Å². The number of benzene rings is 3. The van der Waals surface area contributed by atoms with Gasteiger partial charge in [-0.15, -0.1) is 0 Å². The molecule has 1 atom stereocenters. The van der Waals surface area contributed by atoms with Gasteiger partial charge in [-0.25, -0.2) is 12.8 Å². The molecule has 7 heteroatoms. The normalized spacial score (nSPS) is 12.2. The summed E-state index contributed by atoms with van der Waals surface area (Å²) < 4.78 is 40.8. The van der Waals surface area contributed by atoms with E-state index in [9.17, 15) is 17.6 Å². The quantitative estimate of drug-likeness (QED) is 0.543. The van der Waals surface area contributed by atoms with E-state index in [1.807, 2.05) is 37.3 Å². The molecule has 0 bridgehead atoms. The maximum absolute atomic E-state index is 13.4. The van der Waals surface area contributed by atoms with Crippen molar-refractivity contribution < 1.29 is 17.6 Å². The fraction of sp³-hybridized carbons (Fsp3) is 0.208. The standard InChI is InChI=1S/C24H25FN2O3S/c1-19(12-13-20-8-4-2-5-9-20)26-24(28)18-27(22-16-14-21(25)15-17-22)31(29,30)23-10-6-3-7-11-23/h2-11,14-17,19H,12-13,18H2,1H3,(H,26,28). The zero-order valence-electron chi connectivity index (χ0n) is 17.2. The van der Waals surface area contributed by atoms with Crippen LogP contribution in [0.3, 0.4) is 0 Å². The van der Waals surface area contributed by atoms with Gasteiger partial charge >= 0.3 is 0 Å². The second-order valence-corrected chi connectivity index (χ2v) is 9.16. The van der Waals surface area contributed by atoms with Gasteiger partial charge in [-0.05, 0) is 61.7 Å². The first-order chi connectivity index (χ1) is 14.9. The summed E-state index contributed by atoms with van der Waals surface area (Å²) in [4.78, 5) is 12.8. The number of amides is 1. The van der Waals surface area contributed by atoms with Crippen LogP contribution in [0, 0.1) is 5.82 Å². The van der Waals surface area contributed by atoms with Crippen molar-refractivity contribution in [3.05, 3.63) is 96.3 Å². The summed E-state index contributed by atoms with van der Waals surface area (Å²) in [5.41, 5.74) is 1.39. The van der Waals surface area contributed by atoms with Crippen LogP contribution in [-0.4, -0.2) is 26.9 Å². The van der Waals surface area contributed by atoms with Crippen molar-refractivity contribution in [2.24, 2.45) is 0 Å². The Kier molecular flexibility index (Phi) is 7.41. The van der Waals surface area contributed by atoms with Crippen LogP contribution in [0.4, 0.5) is 10.1 Å². The molecule has 0 aromatic heterocycles. The number of hydrogen-bond donors (Lipinski definition) is 1. The molecule has 1 amide bonds. The van der Waals surface area contributed by atoms with Crippen molar-refractivity contribution in [3.8, 4) is 0 Å². The third-order valence-corrected chi connectivity index (χ3v) is 6.64. The van der Waals surface area contributed by atoms with Crippen LogP contribution in [0.1, 0.15) is 18.9 Å². The molecular formula is C24H25FN2O3S. The molecule has 0 saturated heterocycles. The lowest BCUT2D eigenvalue weighted by Crippen LogP contribution is -2.43. The van der Waals surface area contributed by atoms with Crippen molar-refractivity contribution in [1.82, 2.24) is 5.32 Å². The highest BCUT2D eigenvalue weighted by atomic mass is 32.2. The van der Waals surface area contributed by atoms with E-state index >= 15 is 0 Å². The molecule has 31 heavy (non-hydrogen) atoms. The number of halogens is 1. The minimum atomic E-state index is -4.00. The molecule has 3 rings (SSSR count). The van der Waals surface area contributed by atoms with E-state index in [0.29, 0.717) is 0 Å². The van der Waals surface area contributed by atoms with Crippen LogP contribution in [0.2, 0.25) is 0 Å². The first-order valence-electron chi connectivity index (χ1n) is 10.0. The minimum Gasteiger partial charge on any atom is -0.352 e. The number of aryl methyl sites for hydroxylation is 1. The molecule has 3 aromatic carbocycles. The molecule has 3 aromatic rings. The van der Waals surface area contributed by atoms with E-state index in [1.165, 1.54) is 42.0 Å². The number of hydrogen-bond acceptors (Lipinski definition) is 3. The van der Waals surface area contributed by atoms with Crippen molar-refractivity contribution in [2.75, 3.05) is 10.8 Å². The van der Waals surface area contributed by atoms with Crippen molar-refractivity contribution in [2.45, 2.75) is 30.7 Å². The summed E-state index contributed by atoms with van der Waals surface area (Å²) in [5.74, 6) is -0.913. The molecule has 0 aliphatic rings. The highest BCUT2D eigenvalue weighted by Crippen LogP contribution is 2.23. The molecule has 0 aliphatic heterocycles. The molecule has 1 N–H and O–H groups in total. The van der Waals surface area contributed by atoms with Crippen LogP contribution in [0.25, 0.3) is 0 Å². The summed E-state index contributed by atoms with van der Waals surface area (Å²) in [6.45, 7) is 1.48. The molecule has 5 nitrogen and oxygen atoms in total. The second kappa shape index (κ2) is 10.2. The number of rotatable bonds is 9. The lowest BCUT2D eigenvalue weighted by molar-refractivity contribution is -0.120. The largest absolute Gasteiger partial charge is 0.352 e. The number of anilines is 1. The van der Waals surface area contributed by atoms with Gasteiger partial charge in [0.25, 0.3) is 10.0 Å². The highest BCUT2D eigenvalue weighted by molar-refractivity contribution is 7.92. The Morgan fingerprint density at radius 1 is 0.935 bits per heavy atom. The lowest BCUT2D eigenvalue weighted by atomic mass is 10.1. The number of nitrogens with zero attached hydrogens (tertiary/aromatic N) is 1. The SMILES string of the molecule is CC(CCc1ccccc1)NC(=O)CN(c1ccc(F)cc1)S(=O)(=O)c1ccccc1. The number of nitrogens with one attached hydrogen (secondary N) is 1. The van der Waals surface area contributed by atoms with E-state index in [4.69, 9.17) is 0 Å². The van der Waals surface area contributed by atoms with Gasteiger partial charge in [0.1, 0.15) is 12.4 Å². The molecular weight excluding hydrogens is 415 g/mol. The Bertz CT molecular complexity index is 1090. The van der Waals surface area contributed by atoms with Gasteiger partial charge in [0.05, 0.1) is 10.6 Å². The van der Waals surface area contributed by atoms with Crippen molar-refractivity contribution in [3.63, 3.8) is 0 Å². The third kappa shape index (κ3) is 6.15. The number of carbonyl (C=O) groups is 1. The first kappa shape index (κ1) is 22.5. The van der Waals surface area contributed by atoms with Gasteiger partial charge in [-0.1, -0.05) is 48.5 Å². The van der Waals surface area contributed by atoms with Crippen LogP contribution in [0.15, 0.2) is 89.8 Å². The predicted molar refractivity (Wildman–Crippen MR) is 120 cm³/mol. The molecule has 0 radical (unpaired) electrons. The summed E-state index contributed by atoms with van der Waals surface area (Å²) in [6, 6.07) is 22.7. The van der Waals surface area contributed by atoms with Gasteiger partial charge in [0, 0.05) is 6.04 Å². The van der Waals surface area contributed by atoms with Crippen molar-refractivity contribution in [1.29, 1.82) is 0 Å². The maximum atomic E-state index is 13.4. The Balaban J connectivity index is 1.73. The molecule has 0 heterocycles. The van der Waals surface area contributed by atoms with E-state index < -0.39 is 28.3 Å². The fourth-order valence-electron chi connectivity index (χ4n) is 3.19. The third-order valence-electron chi connectivity index (χ3n) is 4.85. The van der Waals surface area contributed by atoms with Crippen LogP contribution >= 0.6 is 0 Å². The zero-order valence-corrected chi connectivity index (χ0v) is 18.1. The molecule has 0 fully saturated rings. The summed E-state index contributed by atoms with van der Waals surface area (Å²) in [5, 5.41) is 2.87. The minimum absolute atomic E-state index is 0.0595. The monoisotopic (exact) mass is 440 g/mol. The maximum Gasteiger partial charge on any atom is 0.264 e. The Labute approximate surface area is 182 Å². The Morgan fingerprint density at radius 2 is 1.52 bits per heavy atom. The van der Waals surface area contributed by atoms with Crippen molar-refractivity contribution >= 4 is 21.6 Å². The number of sulfonamides is 1. The summed E-state index contributed by atoms with van der Waals surface area (Å²) in [6.07, 6.45) is 1.52. The van der Waals surface area contributed by atoms with E-state index in [-0.39, 0.29) is 16.6 Å². The average Bonchev–Trinajstić information content (AvgIpc) is 2.78. The van der Waals surface area contributed by atoms with Crippen LogP contribution in [-0.2, 0) is 21.2 Å². The Morgan fingerprint density at radius 3 is 2.13 bits per heavy atom. The van der Waals surface area contributed by atoms with Crippen LogP contribution in [0.5, 0.6) is 0 Å². The average molecular weight is 441 g/mol.